The lowest BCUT2D eigenvalue weighted by molar-refractivity contribution is -0.115. The average Bonchev–Trinajstić information content (AvgIpc) is 2.76. The molecule has 84 valence electrons. The summed E-state index contributed by atoms with van der Waals surface area (Å²) in [6.07, 6.45) is 1.55. The van der Waals surface area contributed by atoms with Gasteiger partial charge < -0.3 is 15.5 Å². The summed E-state index contributed by atoms with van der Waals surface area (Å²) in [5, 5.41) is 9.93. The van der Waals surface area contributed by atoms with Gasteiger partial charge in [-0.25, -0.2) is 0 Å². The summed E-state index contributed by atoms with van der Waals surface area (Å²) >= 11 is 0. The van der Waals surface area contributed by atoms with E-state index in [2.05, 4.69) is 15.8 Å². The smallest absolute Gasteiger partial charge is 0.269 e. The number of rotatable bonds is 2. The van der Waals surface area contributed by atoms with Gasteiger partial charge in [-0.3, -0.25) is 4.79 Å². The average molecular weight is 211 g/mol. The summed E-state index contributed by atoms with van der Waals surface area (Å²) in [6, 6.07) is 0.137. The van der Waals surface area contributed by atoms with Gasteiger partial charge in [0.1, 0.15) is 5.71 Å². The molecule has 2 N–H and O–H groups in total. The molecule has 2 aliphatic heterocycles. The first kappa shape index (κ1) is 10.4. The largest absolute Gasteiger partial charge is 0.387 e. The Kier molecular flexibility index (Phi) is 2.65. The van der Waals surface area contributed by atoms with Gasteiger partial charge >= 0.3 is 0 Å². The molecular formula is C10H17N3O2. The first-order valence-corrected chi connectivity index (χ1v) is 5.38. The molecule has 2 rings (SSSR count). The van der Waals surface area contributed by atoms with Crippen molar-refractivity contribution in [1.82, 2.24) is 10.6 Å². The second kappa shape index (κ2) is 3.81. The molecule has 2 aliphatic rings. The van der Waals surface area contributed by atoms with Gasteiger partial charge in [-0.15, -0.1) is 0 Å². The van der Waals surface area contributed by atoms with Crippen LogP contribution in [0.4, 0.5) is 0 Å². The van der Waals surface area contributed by atoms with Crippen LogP contribution in [0.15, 0.2) is 5.16 Å². The number of carbonyl (C=O) groups is 1. The van der Waals surface area contributed by atoms with Crippen molar-refractivity contribution in [3.8, 4) is 0 Å². The standard InChI is InChI=1S/C10H17N3O2/c1-7(2)12-9(14)8-5-10(15-13-8)3-4-11-6-10/h7,11H,3-6H2,1-2H3,(H,12,14)/t10-/m1/s1. The van der Waals surface area contributed by atoms with E-state index in [1.165, 1.54) is 0 Å². The van der Waals surface area contributed by atoms with Crippen molar-refractivity contribution in [3.63, 3.8) is 0 Å². The van der Waals surface area contributed by atoms with E-state index in [0.29, 0.717) is 12.1 Å². The summed E-state index contributed by atoms with van der Waals surface area (Å²) in [6.45, 7) is 5.59. The molecule has 1 amide bonds. The summed E-state index contributed by atoms with van der Waals surface area (Å²) < 4.78 is 0. The molecule has 0 bridgehead atoms. The molecule has 0 radical (unpaired) electrons. The maximum absolute atomic E-state index is 11.7. The molecule has 1 spiro atoms. The number of nitrogens with zero attached hydrogens (tertiary/aromatic N) is 1. The van der Waals surface area contributed by atoms with E-state index in [0.717, 1.165) is 19.5 Å². The minimum absolute atomic E-state index is 0.103. The molecule has 15 heavy (non-hydrogen) atoms. The fourth-order valence-corrected chi connectivity index (χ4v) is 1.94. The van der Waals surface area contributed by atoms with Crippen LogP contribution >= 0.6 is 0 Å². The highest BCUT2D eigenvalue weighted by molar-refractivity contribution is 6.39. The van der Waals surface area contributed by atoms with E-state index in [1.807, 2.05) is 13.8 Å². The highest BCUT2D eigenvalue weighted by Gasteiger charge is 2.43. The van der Waals surface area contributed by atoms with Crippen LogP contribution in [0.1, 0.15) is 26.7 Å². The molecule has 0 aliphatic carbocycles. The normalized spacial score (nSPS) is 29.4. The number of oxime groups is 1. The van der Waals surface area contributed by atoms with Crippen LogP contribution in [0.3, 0.4) is 0 Å². The zero-order valence-electron chi connectivity index (χ0n) is 9.17. The molecule has 0 aromatic carbocycles. The summed E-state index contributed by atoms with van der Waals surface area (Å²) in [5.41, 5.74) is 0.274. The monoisotopic (exact) mass is 211 g/mol. The first-order chi connectivity index (χ1) is 7.11. The van der Waals surface area contributed by atoms with Crippen LogP contribution in [-0.4, -0.2) is 36.4 Å². The predicted octanol–water partition coefficient (Wildman–Crippen LogP) is 0.0194. The van der Waals surface area contributed by atoms with Gasteiger partial charge in [0.25, 0.3) is 5.91 Å². The number of hydrogen-bond acceptors (Lipinski definition) is 4. The fraction of sp³-hybridized carbons (Fsp3) is 0.800. The third-order valence-electron chi connectivity index (χ3n) is 2.73. The van der Waals surface area contributed by atoms with Crippen molar-refractivity contribution in [2.75, 3.05) is 13.1 Å². The zero-order valence-corrected chi connectivity index (χ0v) is 9.17. The van der Waals surface area contributed by atoms with Gasteiger partial charge in [0.05, 0.1) is 0 Å². The van der Waals surface area contributed by atoms with Crippen LogP contribution < -0.4 is 10.6 Å². The van der Waals surface area contributed by atoms with Gasteiger partial charge in [0.2, 0.25) is 0 Å². The third-order valence-corrected chi connectivity index (χ3v) is 2.73. The fourth-order valence-electron chi connectivity index (χ4n) is 1.94. The predicted molar refractivity (Wildman–Crippen MR) is 56.6 cm³/mol. The Morgan fingerprint density at radius 2 is 2.47 bits per heavy atom. The summed E-state index contributed by atoms with van der Waals surface area (Å²) in [4.78, 5) is 17.0. The second-order valence-electron chi connectivity index (χ2n) is 4.54. The molecule has 0 saturated carbocycles. The Bertz CT molecular complexity index is 293. The Labute approximate surface area is 89.2 Å². The van der Waals surface area contributed by atoms with Crippen LogP contribution in [0.25, 0.3) is 0 Å². The molecule has 0 aromatic rings. The lowest BCUT2D eigenvalue weighted by Crippen LogP contribution is -2.38. The Hall–Kier alpha value is -1.10. The van der Waals surface area contributed by atoms with E-state index in [9.17, 15) is 4.79 Å². The SMILES string of the molecule is CC(C)NC(=O)C1=NO[C@]2(CCNC2)C1. The molecule has 5 heteroatoms. The molecular weight excluding hydrogens is 194 g/mol. The van der Waals surface area contributed by atoms with E-state index in [-0.39, 0.29) is 17.6 Å². The Morgan fingerprint density at radius 1 is 1.67 bits per heavy atom. The Balaban J connectivity index is 1.93. The molecule has 2 heterocycles. The van der Waals surface area contributed by atoms with Crippen molar-refractivity contribution in [1.29, 1.82) is 0 Å². The van der Waals surface area contributed by atoms with Gasteiger partial charge in [-0.2, -0.15) is 0 Å². The zero-order chi connectivity index (χ0) is 10.9. The van der Waals surface area contributed by atoms with E-state index in [1.54, 1.807) is 0 Å². The van der Waals surface area contributed by atoms with E-state index in [4.69, 9.17) is 4.84 Å². The molecule has 1 fully saturated rings. The van der Waals surface area contributed by atoms with Crippen LogP contribution in [0.5, 0.6) is 0 Å². The number of amides is 1. The first-order valence-electron chi connectivity index (χ1n) is 5.38. The van der Waals surface area contributed by atoms with Gasteiger partial charge in [-0.05, 0) is 20.4 Å². The number of carbonyl (C=O) groups excluding carboxylic acids is 1. The number of nitrogens with one attached hydrogen (secondary N) is 2. The van der Waals surface area contributed by atoms with E-state index >= 15 is 0 Å². The minimum Gasteiger partial charge on any atom is -0.387 e. The van der Waals surface area contributed by atoms with Crippen molar-refractivity contribution in [3.05, 3.63) is 0 Å². The molecule has 1 saturated heterocycles. The van der Waals surface area contributed by atoms with Gasteiger partial charge in [0.15, 0.2) is 5.60 Å². The topological polar surface area (TPSA) is 62.7 Å². The van der Waals surface area contributed by atoms with Crippen molar-refractivity contribution < 1.29 is 9.63 Å². The summed E-state index contributed by atoms with van der Waals surface area (Å²) in [7, 11) is 0. The lowest BCUT2D eigenvalue weighted by Gasteiger charge is -2.18. The van der Waals surface area contributed by atoms with Crippen molar-refractivity contribution >= 4 is 11.6 Å². The second-order valence-corrected chi connectivity index (χ2v) is 4.54. The minimum atomic E-state index is -0.246. The highest BCUT2D eigenvalue weighted by atomic mass is 16.7. The Morgan fingerprint density at radius 3 is 3.07 bits per heavy atom. The quantitative estimate of drug-likeness (QED) is 0.677. The lowest BCUT2D eigenvalue weighted by atomic mass is 9.96. The number of hydrogen-bond donors (Lipinski definition) is 2. The molecule has 0 aromatic heterocycles. The molecule has 1 atom stereocenters. The third kappa shape index (κ3) is 2.12. The molecule has 5 nitrogen and oxygen atoms in total. The van der Waals surface area contributed by atoms with Crippen molar-refractivity contribution in [2.45, 2.75) is 38.3 Å². The molecule has 0 unspecified atom stereocenters. The van der Waals surface area contributed by atoms with Crippen LogP contribution in [0, 0.1) is 0 Å². The van der Waals surface area contributed by atoms with Crippen LogP contribution in [0.2, 0.25) is 0 Å². The van der Waals surface area contributed by atoms with Gasteiger partial charge in [-0.1, -0.05) is 5.16 Å². The maximum atomic E-state index is 11.7. The van der Waals surface area contributed by atoms with E-state index < -0.39 is 0 Å². The maximum Gasteiger partial charge on any atom is 0.269 e. The summed E-state index contributed by atoms with van der Waals surface area (Å²) in [5.74, 6) is -0.103. The van der Waals surface area contributed by atoms with Gasteiger partial charge in [0, 0.05) is 25.4 Å². The van der Waals surface area contributed by atoms with Crippen molar-refractivity contribution in [2.24, 2.45) is 5.16 Å². The van der Waals surface area contributed by atoms with Crippen LogP contribution in [-0.2, 0) is 9.63 Å². The highest BCUT2D eigenvalue weighted by Crippen LogP contribution is 2.29.